The summed E-state index contributed by atoms with van der Waals surface area (Å²) in [6.45, 7) is 14.4. The Bertz CT molecular complexity index is 224. The van der Waals surface area contributed by atoms with Gasteiger partial charge >= 0.3 is 0 Å². The highest BCUT2D eigenvalue weighted by atomic mass is 16.3. The summed E-state index contributed by atoms with van der Waals surface area (Å²) in [5, 5.41) is 13.6. The zero-order valence-corrected chi connectivity index (χ0v) is 11.5. The van der Waals surface area contributed by atoms with Gasteiger partial charge in [0.05, 0.1) is 5.60 Å². The molecule has 1 unspecified atom stereocenters. The summed E-state index contributed by atoms with van der Waals surface area (Å²) >= 11 is 0. The third kappa shape index (κ3) is 4.04. The number of aliphatic hydroxyl groups is 1. The summed E-state index contributed by atoms with van der Waals surface area (Å²) in [6.07, 6.45) is 1.19. The molecule has 0 saturated carbocycles. The molecule has 0 spiro atoms. The molecule has 1 aliphatic rings. The van der Waals surface area contributed by atoms with Crippen molar-refractivity contribution in [3.8, 4) is 0 Å². The number of hydrogen-bond acceptors (Lipinski definition) is 3. The molecule has 0 aromatic rings. The second-order valence-electron chi connectivity index (χ2n) is 6.52. The Labute approximate surface area is 100 Å². The van der Waals surface area contributed by atoms with Crippen molar-refractivity contribution in [2.45, 2.75) is 52.2 Å². The van der Waals surface area contributed by atoms with Gasteiger partial charge in [-0.1, -0.05) is 13.8 Å². The van der Waals surface area contributed by atoms with E-state index in [4.69, 9.17) is 0 Å². The van der Waals surface area contributed by atoms with Gasteiger partial charge in [-0.15, -0.1) is 0 Å². The minimum atomic E-state index is -0.606. The van der Waals surface area contributed by atoms with Gasteiger partial charge in [-0.05, 0) is 39.7 Å². The van der Waals surface area contributed by atoms with Crippen LogP contribution in [0.15, 0.2) is 0 Å². The Kier molecular flexibility index (Phi) is 4.38. The molecular formula is C13H28N2O. The molecule has 0 aromatic heterocycles. The number of β-amino-alcohol motifs (C(OH)–C–C–N with tert-alkyl or cyclic N) is 1. The fraction of sp³-hybridized carbons (Fsp3) is 1.00. The molecule has 16 heavy (non-hydrogen) atoms. The number of nitrogens with one attached hydrogen (secondary N) is 1. The number of hydrogen-bond donors (Lipinski definition) is 2. The van der Waals surface area contributed by atoms with Gasteiger partial charge in [-0.3, -0.25) is 4.90 Å². The van der Waals surface area contributed by atoms with E-state index in [1.54, 1.807) is 0 Å². The summed E-state index contributed by atoms with van der Waals surface area (Å²) in [6, 6.07) is 0. The molecule has 1 fully saturated rings. The molecular weight excluding hydrogens is 200 g/mol. The average Bonchev–Trinajstić information content (AvgIpc) is 2.19. The van der Waals surface area contributed by atoms with E-state index in [0.717, 1.165) is 25.6 Å². The Hall–Kier alpha value is -0.120. The molecule has 3 heteroatoms. The topological polar surface area (TPSA) is 35.5 Å². The molecule has 0 radical (unpaired) electrons. The van der Waals surface area contributed by atoms with Crippen molar-refractivity contribution < 1.29 is 5.11 Å². The Morgan fingerprint density at radius 2 is 1.88 bits per heavy atom. The zero-order chi connectivity index (χ0) is 12.4. The molecule has 1 atom stereocenters. The lowest BCUT2D eigenvalue weighted by molar-refractivity contribution is 0.00836. The molecule has 2 N–H and O–H groups in total. The monoisotopic (exact) mass is 228 g/mol. The molecule has 1 rings (SSSR count). The van der Waals surface area contributed by atoms with Crippen LogP contribution in [0.4, 0.5) is 0 Å². The van der Waals surface area contributed by atoms with Gasteiger partial charge in [0.2, 0.25) is 0 Å². The minimum absolute atomic E-state index is 0.134. The van der Waals surface area contributed by atoms with Crippen molar-refractivity contribution >= 4 is 0 Å². The molecule has 3 nitrogen and oxygen atoms in total. The van der Waals surface area contributed by atoms with Crippen LogP contribution < -0.4 is 5.32 Å². The lowest BCUT2D eigenvalue weighted by atomic mass is 9.99. The fourth-order valence-electron chi connectivity index (χ4n) is 2.23. The van der Waals surface area contributed by atoms with Crippen molar-refractivity contribution in [2.75, 3.05) is 26.2 Å². The van der Waals surface area contributed by atoms with Gasteiger partial charge in [-0.25, -0.2) is 0 Å². The largest absolute Gasteiger partial charge is 0.388 e. The maximum atomic E-state index is 10.2. The molecule has 0 aliphatic carbocycles. The van der Waals surface area contributed by atoms with Crippen molar-refractivity contribution in [3.63, 3.8) is 0 Å². The van der Waals surface area contributed by atoms with E-state index in [1.807, 2.05) is 6.92 Å². The first-order valence-electron chi connectivity index (χ1n) is 6.41. The first-order chi connectivity index (χ1) is 7.23. The van der Waals surface area contributed by atoms with Crippen molar-refractivity contribution in [1.82, 2.24) is 10.2 Å². The maximum Gasteiger partial charge on any atom is 0.0869 e. The van der Waals surface area contributed by atoms with Crippen molar-refractivity contribution in [3.05, 3.63) is 0 Å². The van der Waals surface area contributed by atoms with Crippen LogP contribution in [0.2, 0.25) is 0 Å². The van der Waals surface area contributed by atoms with E-state index < -0.39 is 5.60 Å². The highest BCUT2D eigenvalue weighted by molar-refractivity contribution is 4.93. The van der Waals surface area contributed by atoms with E-state index in [9.17, 15) is 5.11 Å². The van der Waals surface area contributed by atoms with Crippen LogP contribution in [0.25, 0.3) is 0 Å². The second-order valence-corrected chi connectivity index (χ2v) is 6.52. The summed E-state index contributed by atoms with van der Waals surface area (Å²) in [5.74, 6) is 0.719. The molecule has 0 amide bonds. The standard InChI is InChI=1S/C13H28N2O/c1-11(2)6-7-15-10-13(5,16)9-14-8-12(15,3)4/h11,14,16H,6-10H2,1-5H3. The molecule has 96 valence electrons. The molecule has 1 aliphatic heterocycles. The lowest BCUT2D eigenvalue weighted by Gasteiger charge is -2.39. The van der Waals surface area contributed by atoms with Crippen LogP contribution in [-0.4, -0.2) is 47.3 Å². The quantitative estimate of drug-likeness (QED) is 0.768. The predicted octanol–water partition coefficient (Wildman–Crippen LogP) is 1.47. The zero-order valence-electron chi connectivity index (χ0n) is 11.5. The summed E-state index contributed by atoms with van der Waals surface area (Å²) in [5.41, 5.74) is -0.472. The highest BCUT2D eigenvalue weighted by Crippen LogP contribution is 2.21. The van der Waals surface area contributed by atoms with Crippen LogP contribution in [0.5, 0.6) is 0 Å². The number of rotatable bonds is 3. The first kappa shape index (κ1) is 13.9. The highest BCUT2D eigenvalue weighted by Gasteiger charge is 2.35. The Morgan fingerprint density at radius 3 is 2.44 bits per heavy atom. The van der Waals surface area contributed by atoms with Gasteiger partial charge in [-0.2, -0.15) is 0 Å². The minimum Gasteiger partial charge on any atom is -0.388 e. The van der Waals surface area contributed by atoms with Gasteiger partial charge in [0.25, 0.3) is 0 Å². The van der Waals surface area contributed by atoms with E-state index in [2.05, 4.69) is 37.9 Å². The van der Waals surface area contributed by atoms with Gasteiger partial charge in [0, 0.05) is 25.2 Å². The van der Waals surface area contributed by atoms with E-state index in [1.165, 1.54) is 6.42 Å². The third-order valence-electron chi connectivity index (χ3n) is 3.43. The maximum absolute atomic E-state index is 10.2. The molecule has 1 saturated heterocycles. The molecule has 0 aromatic carbocycles. The van der Waals surface area contributed by atoms with Crippen molar-refractivity contribution in [2.24, 2.45) is 5.92 Å². The van der Waals surface area contributed by atoms with Crippen LogP contribution in [0, 0.1) is 5.92 Å². The number of nitrogens with zero attached hydrogens (tertiary/aromatic N) is 1. The van der Waals surface area contributed by atoms with Gasteiger partial charge < -0.3 is 10.4 Å². The third-order valence-corrected chi connectivity index (χ3v) is 3.43. The van der Waals surface area contributed by atoms with Gasteiger partial charge in [0.1, 0.15) is 0 Å². The van der Waals surface area contributed by atoms with Crippen LogP contribution in [0.3, 0.4) is 0 Å². The Morgan fingerprint density at radius 1 is 1.25 bits per heavy atom. The average molecular weight is 228 g/mol. The van der Waals surface area contributed by atoms with E-state index >= 15 is 0 Å². The molecule has 1 heterocycles. The van der Waals surface area contributed by atoms with Crippen molar-refractivity contribution in [1.29, 1.82) is 0 Å². The summed E-state index contributed by atoms with van der Waals surface area (Å²) in [7, 11) is 0. The second kappa shape index (κ2) is 5.03. The fourth-order valence-corrected chi connectivity index (χ4v) is 2.23. The van der Waals surface area contributed by atoms with E-state index in [-0.39, 0.29) is 5.54 Å². The van der Waals surface area contributed by atoms with Crippen LogP contribution in [0.1, 0.15) is 41.0 Å². The summed E-state index contributed by atoms with van der Waals surface area (Å²) < 4.78 is 0. The van der Waals surface area contributed by atoms with Crippen LogP contribution in [-0.2, 0) is 0 Å². The smallest absolute Gasteiger partial charge is 0.0869 e. The predicted molar refractivity (Wildman–Crippen MR) is 68.6 cm³/mol. The normalized spacial score (nSPS) is 31.7. The lowest BCUT2D eigenvalue weighted by Crippen LogP contribution is -2.51. The first-order valence-corrected chi connectivity index (χ1v) is 6.41. The summed E-state index contributed by atoms with van der Waals surface area (Å²) in [4.78, 5) is 2.42. The SMILES string of the molecule is CC(C)CCN1CC(C)(O)CNCC1(C)C. The van der Waals surface area contributed by atoms with E-state index in [0.29, 0.717) is 6.54 Å². The Balaban J connectivity index is 2.66. The molecule has 0 bridgehead atoms. The van der Waals surface area contributed by atoms with Crippen LogP contribution >= 0.6 is 0 Å². The van der Waals surface area contributed by atoms with Gasteiger partial charge in [0.15, 0.2) is 0 Å².